The monoisotopic (exact) mass is 755 g/mol. The Bertz CT molecular complexity index is 3150. The second kappa shape index (κ2) is 13.9. The second-order valence-corrected chi connectivity index (χ2v) is 16.1. The molecule has 0 spiro atoms. The summed E-state index contributed by atoms with van der Waals surface area (Å²) in [6, 6.07) is 76.8. The highest BCUT2D eigenvalue weighted by molar-refractivity contribution is 6.09. The third kappa shape index (κ3) is 5.96. The Morgan fingerprint density at radius 2 is 0.831 bits per heavy atom. The van der Waals surface area contributed by atoms with Gasteiger partial charge in [0.25, 0.3) is 0 Å². The molecule has 1 aliphatic carbocycles. The average molecular weight is 756 g/mol. The molecule has 2 heteroatoms. The third-order valence-electron chi connectivity index (χ3n) is 12.3. The van der Waals surface area contributed by atoms with Crippen molar-refractivity contribution in [2.24, 2.45) is 0 Å². The van der Waals surface area contributed by atoms with Gasteiger partial charge >= 0.3 is 0 Å². The summed E-state index contributed by atoms with van der Waals surface area (Å²) in [6.07, 6.45) is 0. The highest BCUT2D eigenvalue weighted by Gasteiger charge is 2.35. The van der Waals surface area contributed by atoms with E-state index >= 15 is 0 Å². The van der Waals surface area contributed by atoms with E-state index in [-0.39, 0.29) is 5.41 Å². The Hall–Kier alpha value is -7.42. The van der Waals surface area contributed by atoms with E-state index in [1.165, 1.54) is 55.6 Å². The Labute approximate surface area is 345 Å². The SMILES string of the molecule is CC1(C)c2ccccc2-c2ccc(N(c3ccc(-c4ccc(-c5cccc6c5oc5ccccc56)cc4)cc3)c3ccc(-c4cccc(-c5ccccc5)c4)cc3)cc21. The first-order chi connectivity index (χ1) is 29.0. The summed E-state index contributed by atoms with van der Waals surface area (Å²) in [5.41, 5.74) is 19.9. The lowest BCUT2D eigenvalue weighted by Gasteiger charge is -2.28. The van der Waals surface area contributed by atoms with Crippen LogP contribution in [-0.4, -0.2) is 0 Å². The van der Waals surface area contributed by atoms with E-state index < -0.39 is 0 Å². The smallest absolute Gasteiger partial charge is 0.143 e. The van der Waals surface area contributed by atoms with Crippen molar-refractivity contribution in [3.63, 3.8) is 0 Å². The van der Waals surface area contributed by atoms with Gasteiger partial charge in [-0.25, -0.2) is 0 Å². The lowest BCUT2D eigenvalue weighted by Crippen LogP contribution is -2.16. The van der Waals surface area contributed by atoms with Gasteiger partial charge in [-0.3, -0.25) is 0 Å². The summed E-state index contributed by atoms with van der Waals surface area (Å²) in [6.45, 7) is 4.70. The zero-order chi connectivity index (χ0) is 39.5. The Kier molecular flexibility index (Phi) is 8.20. The molecule has 0 N–H and O–H groups in total. The summed E-state index contributed by atoms with van der Waals surface area (Å²) < 4.78 is 6.36. The maximum atomic E-state index is 6.36. The molecule has 59 heavy (non-hydrogen) atoms. The van der Waals surface area contributed by atoms with Crippen LogP contribution in [0.15, 0.2) is 217 Å². The first-order valence-corrected chi connectivity index (χ1v) is 20.4. The van der Waals surface area contributed by atoms with Crippen LogP contribution in [-0.2, 0) is 5.41 Å². The van der Waals surface area contributed by atoms with Crippen molar-refractivity contribution >= 4 is 39.0 Å². The average Bonchev–Trinajstić information content (AvgIpc) is 3.79. The van der Waals surface area contributed by atoms with Crippen LogP contribution in [0, 0.1) is 0 Å². The van der Waals surface area contributed by atoms with Crippen molar-refractivity contribution in [1.82, 2.24) is 0 Å². The first kappa shape index (κ1) is 34.8. The molecule has 0 bridgehead atoms. The quantitative estimate of drug-likeness (QED) is 0.161. The number of fused-ring (bicyclic) bond motifs is 6. The maximum Gasteiger partial charge on any atom is 0.143 e. The van der Waals surface area contributed by atoms with Crippen LogP contribution in [0.5, 0.6) is 0 Å². The molecule has 1 heterocycles. The van der Waals surface area contributed by atoms with Crippen LogP contribution in [0.4, 0.5) is 17.1 Å². The topological polar surface area (TPSA) is 16.4 Å². The van der Waals surface area contributed by atoms with E-state index in [1.807, 2.05) is 12.1 Å². The van der Waals surface area contributed by atoms with E-state index in [0.717, 1.165) is 50.1 Å². The Morgan fingerprint density at radius 1 is 0.339 bits per heavy atom. The van der Waals surface area contributed by atoms with Crippen molar-refractivity contribution in [3.8, 4) is 55.6 Å². The minimum Gasteiger partial charge on any atom is -0.455 e. The van der Waals surface area contributed by atoms with Gasteiger partial charge < -0.3 is 9.32 Å². The highest BCUT2D eigenvalue weighted by Crippen LogP contribution is 2.51. The number of anilines is 3. The van der Waals surface area contributed by atoms with E-state index in [0.29, 0.717) is 0 Å². The number of hydrogen-bond acceptors (Lipinski definition) is 2. The first-order valence-electron chi connectivity index (χ1n) is 20.4. The molecule has 0 atom stereocenters. The van der Waals surface area contributed by atoms with Gasteiger partial charge in [0, 0.05) is 38.8 Å². The molecule has 1 aliphatic rings. The predicted octanol–water partition coefficient (Wildman–Crippen LogP) is 16.0. The summed E-state index contributed by atoms with van der Waals surface area (Å²) in [4.78, 5) is 2.39. The second-order valence-electron chi connectivity index (χ2n) is 16.1. The van der Waals surface area contributed by atoms with Gasteiger partial charge in [0.05, 0.1) is 0 Å². The summed E-state index contributed by atoms with van der Waals surface area (Å²) >= 11 is 0. The lowest BCUT2D eigenvalue weighted by molar-refractivity contribution is 0.660. The highest BCUT2D eigenvalue weighted by atomic mass is 16.3. The molecule has 10 aromatic rings. The Morgan fingerprint density at radius 3 is 1.56 bits per heavy atom. The van der Waals surface area contributed by atoms with Crippen LogP contribution >= 0.6 is 0 Å². The van der Waals surface area contributed by atoms with Crippen molar-refractivity contribution in [1.29, 1.82) is 0 Å². The van der Waals surface area contributed by atoms with Crippen LogP contribution < -0.4 is 4.90 Å². The molecular weight excluding hydrogens is 715 g/mol. The van der Waals surface area contributed by atoms with Crippen molar-refractivity contribution in [2.45, 2.75) is 19.3 Å². The van der Waals surface area contributed by atoms with Crippen LogP contribution in [0.25, 0.3) is 77.6 Å². The van der Waals surface area contributed by atoms with E-state index in [1.54, 1.807) is 0 Å². The standard InChI is InChI=1S/C57H41NO/c1-57(2)53-20-8-6-16-49(53)50-35-34-47(37-54(50)57)58(46-32-28-41(29-33-46)44-15-10-14-43(36-44)38-12-4-3-5-13-38)45-30-26-40(27-31-45)39-22-24-42(25-23-39)48-18-11-19-52-51-17-7-9-21-55(51)59-56(48)52/h3-37H,1-2H3. The Balaban J connectivity index is 0.949. The van der Waals surface area contributed by atoms with Crippen molar-refractivity contribution in [2.75, 3.05) is 4.90 Å². The van der Waals surface area contributed by atoms with Gasteiger partial charge in [0.15, 0.2) is 0 Å². The lowest BCUT2D eigenvalue weighted by atomic mass is 9.82. The van der Waals surface area contributed by atoms with Crippen LogP contribution in [0.2, 0.25) is 0 Å². The van der Waals surface area contributed by atoms with Gasteiger partial charge in [-0.2, -0.15) is 0 Å². The van der Waals surface area contributed by atoms with E-state index in [9.17, 15) is 0 Å². The summed E-state index contributed by atoms with van der Waals surface area (Å²) in [5, 5.41) is 2.29. The summed E-state index contributed by atoms with van der Waals surface area (Å²) in [5.74, 6) is 0. The molecule has 0 unspecified atom stereocenters. The van der Waals surface area contributed by atoms with E-state index in [4.69, 9.17) is 4.42 Å². The molecule has 0 saturated carbocycles. The molecule has 0 saturated heterocycles. The number of furan rings is 1. The fraction of sp³-hybridized carbons (Fsp3) is 0.0526. The number of nitrogens with zero attached hydrogens (tertiary/aromatic N) is 1. The molecule has 1 aromatic heterocycles. The number of hydrogen-bond donors (Lipinski definition) is 0. The maximum absolute atomic E-state index is 6.36. The van der Waals surface area contributed by atoms with Crippen LogP contribution in [0.1, 0.15) is 25.0 Å². The molecule has 0 fully saturated rings. The molecular formula is C57H41NO. The normalized spacial score (nSPS) is 12.7. The number of para-hydroxylation sites is 2. The zero-order valence-corrected chi connectivity index (χ0v) is 33.1. The van der Waals surface area contributed by atoms with Crippen LogP contribution in [0.3, 0.4) is 0 Å². The van der Waals surface area contributed by atoms with Gasteiger partial charge in [0.2, 0.25) is 0 Å². The molecule has 11 rings (SSSR count). The largest absolute Gasteiger partial charge is 0.455 e. The molecule has 2 nitrogen and oxygen atoms in total. The molecule has 280 valence electrons. The van der Waals surface area contributed by atoms with E-state index in [2.05, 4.69) is 219 Å². The van der Waals surface area contributed by atoms with Gasteiger partial charge in [0.1, 0.15) is 11.2 Å². The molecule has 0 amide bonds. The van der Waals surface area contributed by atoms with Crippen molar-refractivity contribution in [3.05, 3.63) is 223 Å². The van der Waals surface area contributed by atoms with Crippen molar-refractivity contribution < 1.29 is 4.42 Å². The predicted molar refractivity (Wildman–Crippen MR) is 248 cm³/mol. The van der Waals surface area contributed by atoms with Gasteiger partial charge in [-0.1, -0.05) is 178 Å². The molecule has 0 radical (unpaired) electrons. The zero-order valence-electron chi connectivity index (χ0n) is 33.1. The third-order valence-corrected chi connectivity index (χ3v) is 12.3. The fourth-order valence-corrected chi connectivity index (χ4v) is 9.21. The fourth-order valence-electron chi connectivity index (χ4n) is 9.21. The molecule has 9 aromatic carbocycles. The number of rotatable bonds is 7. The van der Waals surface area contributed by atoms with Gasteiger partial charge in [-0.05, 0) is 110 Å². The number of benzene rings is 9. The molecule has 0 aliphatic heterocycles. The van der Waals surface area contributed by atoms with Gasteiger partial charge in [-0.15, -0.1) is 0 Å². The minimum absolute atomic E-state index is 0.104. The minimum atomic E-state index is -0.104. The summed E-state index contributed by atoms with van der Waals surface area (Å²) in [7, 11) is 0.